The molecule has 0 aliphatic carbocycles. The van der Waals surface area contributed by atoms with Crippen LogP contribution in [0.15, 0.2) is 36.7 Å². The summed E-state index contributed by atoms with van der Waals surface area (Å²) in [6, 6.07) is 10.7. The smallest absolute Gasteiger partial charge is 0.138 e. The molecule has 0 saturated carbocycles. The van der Waals surface area contributed by atoms with Gasteiger partial charge < -0.3 is 5.32 Å². The molecule has 2 rings (SSSR count). The fourth-order valence-electron chi connectivity index (χ4n) is 1.93. The van der Waals surface area contributed by atoms with E-state index in [1.807, 2.05) is 17.8 Å². The summed E-state index contributed by atoms with van der Waals surface area (Å²) in [4.78, 5) is 4.28. The molecular formula is C13H18N4. The van der Waals surface area contributed by atoms with Gasteiger partial charge in [-0.3, -0.25) is 4.68 Å². The minimum Gasteiger partial charge on any atom is -0.310 e. The van der Waals surface area contributed by atoms with Crippen LogP contribution in [-0.2, 0) is 13.5 Å². The molecule has 2 aromatic rings. The molecule has 90 valence electrons. The van der Waals surface area contributed by atoms with Gasteiger partial charge in [-0.25, -0.2) is 4.98 Å². The average Bonchev–Trinajstić information content (AvgIpc) is 2.76. The first kappa shape index (κ1) is 11.8. The number of benzene rings is 1. The topological polar surface area (TPSA) is 42.7 Å². The highest BCUT2D eigenvalue weighted by Gasteiger charge is 2.13. The number of likely N-dealkylation sites (N-methyl/N-ethyl adjacent to an activating group) is 1. The van der Waals surface area contributed by atoms with Crippen LogP contribution in [0.25, 0.3) is 0 Å². The molecule has 0 radical (unpaired) electrons. The minimum absolute atomic E-state index is 0.295. The lowest BCUT2D eigenvalue weighted by Crippen LogP contribution is -2.24. The maximum atomic E-state index is 4.28. The molecule has 1 heterocycles. The summed E-state index contributed by atoms with van der Waals surface area (Å²) < 4.78 is 1.83. The quantitative estimate of drug-likeness (QED) is 0.850. The zero-order valence-electron chi connectivity index (χ0n) is 10.3. The largest absolute Gasteiger partial charge is 0.310 e. The van der Waals surface area contributed by atoms with Crippen LogP contribution in [0.1, 0.15) is 24.4 Å². The number of hydrogen-bond acceptors (Lipinski definition) is 3. The van der Waals surface area contributed by atoms with E-state index in [1.165, 1.54) is 5.56 Å². The first-order valence-electron chi connectivity index (χ1n) is 5.92. The summed E-state index contributed by atoms with van der Waals surface area (Å²) in [7, 11) is 1.93. The highest BCUT2D eigenvalue weighted by atomic mass is 15.3. The van der Waals surface area contributed by atoms with Gasteiger partial charge in [-0.2, -0.15) is 5.10 Å². The predicted octanol–water partition coefficient (Wildman–Crippen LogP) is 1.71. The number of rotatable bonds is 5. The fourth-order valence-corrected chi connectivity index (χ4v) is 1.93. The van der Waals surface area contributed by atoms with Gasteiger partial charge in [0.1, 0.15) is 12.2 Å². The summed E-state index contributed by atoms with van der Waals surface area (Å²) in [6.45, 7) is 3.06. The summed E-state index contributed by atoms with van der Waals surface area (Å²) in [6.07, 6.45) is 2.46. The number of aromatic nitrogens is 3. The lowest BCUT2D eigenvalue weighted by molar-refractivity contribution is 0.522. The molecule has 0 spiro atoms. The molecule has 0 amide bonds. The molecule has 0 aliphatic heterocycles. The zero-order chi connectivity index (χ0) is 12.1. The average molecular weight is 230 g/mol. The van der Waals surface area contributed by atoms with Crippen LogP contribution in [0.3, 0.4) is 0 Å². The molecule has 4 nitrogen and oxygen atoms in total. The minimum atomic E-state index is 0.295. The first-order valence-corrected chi connectivity index (χ1v) is 5.92. The van der Waals surface area contributed by atoms with Crippen molar-refractivity contribution in [2.45, 2.75) is 19.4 Å². The van der Waals surface area contributed by atoms with Crippen LogP contribution < -0.4 is 5.32 Å². The lowest BCUT2D eigenvalue weighted by Gasteiger charge is -2.17. The van der Waals surface area contributed by atoms with Crippen molar-refractivity contribution in [2.24, 2.45) is 7.05 Å². The lowest BCUT2D eigenvalue weighted by atomic mass is 10.0. The highest BCUT2D eigenvalue weighted by Crippen LogP contribution is 2.16. The Morgan fingerprint density at radius 1 is 1.29 bits per heavy atom. The highest BCUT2D eigenvalue weighted by molar-refractivity contribution is 5.20. The van der Waals surface area contributed by atoms with Crippen molar-refractivity contribution >= 4 is 0 Å². The third kappa shape index (κ3) is 2.91. The van der Waals surface area contributed by atoms with Crippen molar-refractivity contribution in [2.75, 3.05) is 6.54 Å². The molecule has 17 heavy (non-hydrogen) atoms. The summed E-state index contributed by atoms with van der Waals surface area (Å²) in [5.41, 5.74) is 1.29. The molecule has 1 N–H and O–H groups in total. The van der Waals surface area contributed by atoms with Crippen LogP contribution in [0.4, 0.5) is 0 Å². The van der Waals surface area contributed by atoms with E-state index in [2.05, 4.69) is 46.6 Å². The number of aryl methyl sites for hydroxylation is 1. The second kappa shape index (κ2) is 5.59. The van der Waals surface area contributed by atoms with Gasteiger partial charge in [-0.15, -0.1) is 0 Å². The van der Waals surface area contributed by atoms with E-state index < -0.39 is 0 Å². The number of hydrogen-bond donors (Lipinski definition) is 1. The SMILES string of the molecule is CCNC(Cc1ncnn1C)c1ccccc1. The molecule has 0 saturated heterocycles. The molecule has 0 aliphatic rings. The number of nitrogens with one attached hydrogen (secondary N) is 1. The molecule has 1 aromatic carbocycles. The van der Waals surface area contributed by atoms with Crippen molar-refractivity contribution in [1.29, 1.82) is 0 Å². The second-order valence-electron chi connectivity index (χ2n) is 4.02. The van der Waals surface area contributed by atoms with Gasteiger partial charge in [0.25, 0.3) is 0 Å². The Labute approximate surface area is 102 Å². The fraction of sp³-hybridized carbons (Fsp3) is 0.385. The molecule has 1 aromatic heterocycles. The van der Waals surface area contributed by atoms with Gasteiger partial charge in [0.15, 0.2) is 0 Å². The van der Waals surface area contributed by atoms with Crippen molar-refractivity contribution < 1.29 is 0 Å². The van der Waals surface area contributed by atoms with Crippen molar-refractivity contribution in [1.82, 2.24) is 20.1 Å². The number of nitrogens with zero attached hydrogens (tertiary/aromatic N) is 3. The monoisotopic (exact) mass is 230 g/mol. The second-order valence-corrected chi connectivity index (χ2v) is 4.02. The molecule has 4 heteroatoms. The summed E-state index contributed by atoms with van der Waals surface area (Å²) >= 11 is 0. The van der Waals surface area contributed by atoms with Crippen molar-refractivity contribution in [3.8, 4) is 0 Å². The van der Waals surface area contributed by atoms with E-state index >= 15 is 0 Å². The summed E-state index contributed by atoms with van der Waals surface area (Å²) in [5, 5.41) is 7.58. The Morgan fingerprint density at radius 3 is 2.65 bits per heavy atom. The van der Waals surface area contributed by atoms with Gasteiger partial charge in [-0.1, -0.05) is 37.3 Å². The third-order valence-electron chi connectivity index (χ3n) is 2.84. The normalized spacial score (nSPS) is 12.6. The van der Waals surface area contributed by atoms with E-state index in [0.717, 1.165) is 18.8 Å². The summed E-state index contributed by atoms with van der Waals surface area (Å²) in [5.74, 6) is 1.000. The zero-order valence-corrected chi connectivity index (χ0v) is 10.3. The maximum absolute atomic E-state index is 4.28. The standard InChI is InChI=1S/C13H18N4/c1-3-14-12(11-7-5-4-6-8-11)9-13-15-10-16-17(13)2/h4-8,10,12,14H,3,9H2,1-2H3. The maximum Gasteiger partial charge on any atom is 0.138 e. The van der Waals surface area contributed by atoms with Gasteiger partial charge >= 0.3 is 0 Å². The Hall–Kier alpha value is -1.68. The van der Waals surface area contributed by atoms with Crippen LogP contribution in [-0.4, -0.2) is 21.3 Å². The van der Waals surface area contributed by atoms with E-state index in [1.54, 1.807) is 6.33 Å². The van der Waals surface area contributed by atoms with E-state index in [4.69, 9.17) is 0 Å². The van der Waals surface area contributed by atoms with Crippen LogP contribution >= 0.6 is 0 Å². The van der Waals surface area contributed by atoms with Crippen molar-refractivity contribution in [3.63, 3.8) is 0 Å². The predicted molar refractivity (Wildman–Crippen MR) is 67.6 cm³/mol. The van der Waals surface area contributed by atoms with Crippen LogP contribution in [0.2, 0.25) is 0 Å². The van der Waals surface area contributed by atoms with E-state index in [0.29, 0.717) is 6.04 Å². The van der Waals surface area contributed by atoms with Crippen LogP contribution in [0, 0.1) is 0 Å². The molecular weight excluding hydrogens is 212 g/mol. The van der Waals surface area contributed by atoms with Gasteiger partial charge in [0.05, 0.1) is 0 Å². The van der Waals surface area contributed by atoms with Gasteiger partial charge in [-0.05, 0) is 12.1 Å². The third-order valence-corrected chi connectivity index (χ3v) is 2.84. The van der Waals surface area contributed by atoms with E-state index in [9.17, 15) is 0 Å². The Morgan fingerprint density at radius 2 is 2.06 bits per heavy atom. The molecule has 1 unspecified atom stereocenters. The van der Waals surface area contributed by atoms with Crippen molar-refractivity contribution in [3.05, 3.63) is 48.0 Å². The Bertz CT molecular complexity index is 449. The van der Waals surface area contributed by atoms with Gasteiger partial charge in [0.2, 0.25) is 0 Å². The Kier molecular flexibility index (Phi) is 3.88. The van der Waals surface area contributed by atoms with Crippen LogP contribution in [0.5, 0.6) is 0 Å². The molecule has 0 fully saturated rings. The van der Waals surface area contributed by atoms with Gasteiger partial charge in [0, 0.05) is 19.5 Å². The molecule has 0 bridgehead atoms. The Balaban J connectivity index is 2.16. The molecule has 1 atom stereocenters. The van der Waals surface area contributed by atoms with E-state index in [-0.39, 0.29) is 0 Å². The first-order chi connectivity index (χ1) is 8.31.